The van der Waals surface area contributed by atoms with Crippen LogP contribution in [0.5, 0.6) is 0 Å². The molecule has 0 unspecified atom stereocenters. The molecule has 0 bridgehead atoms. The van der Waals surface area contributed by atoms with Crippen molar-refractivity contribution >= 4 is 5.78 Å². The van der Waals surface area contributed by atoms with Crippen molar-refractivity contribution in [3.63, 3.8) is 0 Å². The molecule has 0 saturated heterocycles. The summed E-state index contributed by atoms with van der Waals surface area (Å²) in [5.41, 5.74) is 0.243. The standard InChI is InChI=1S/C14H19F3N2O/c1-9-12(13(20)14(15,16)17)10(2)19(18-9)11-7-5-3-4-6-8-11/h11H,3-8H2,1-2H3. The van der Waals surface area contributed by atoms with E-state index < -0.39 is 12.0 Å². The van der Waals surface area contributed by atoms with Gasteiger partial charge in [-0.2, -0.15) is 18.3 Å². The van der Waals surface area contributed by atoms with Gasteiger partial charge in [0, 0.05) is 5.69 Å². The first-order valence-electron chi connectivity index (χ1n) is 6.99. The topological polar surface area (TPSA) is 34.9 Å². The molecule has 0 radical (unpaired) electrons. The van der Waals surface area contributed by atoms with Crippen molar-refractivity contribution in [1.82, 2.24) is 9.78 Å². The predicted octanol–water partition coefficient (Wildman–Crippen LogP) is 4.14. The third-order valence-corrected chi connectivity index (χ3v) is 3.98. The Bertz CT molecular complexity index is 497. The van der Waals surface area contributed by atoms with Crippen LogP contribution in [0.3, 0.4) is 0 Å². The lowest BCUT2D eigenvalue weighted by atomic mass is 10.1. The van der Waals surface area contributed by atoms with E-state index in [1.807, 2.05) is 0 Å². The highest BCUT2D eigenvalue weighted by Gasteiger charge is 2.42. The Hall–Kier alpha value is -1.33. The first kappa shape index (κ1) is 15.1. The number of hydrogen-bond donors (Lipinski definition) is 0. The lowest BCUT2D eigenvalue weighted by molar-refractivity contribution is -0.0886. The molecule has 1 fully saturated rings. The number of nitrogens with zero attached hydrogens (tertiary/aromatic N) is 2. The number of aryl methyl sites for hydroxylation is 1. The SMILES string of the molecule is Cc1nn(C2CCCCCC2)c(C)c1C(=O)C(F)(F)F. The molecule has 6 heteroatoms. The van der Waals surface area contributed by atoms with E-state index in [4.69, 9.17) is 0 Å². The number of aromatic nitrogens is 2. The van der Waals surface area contributed by atoms with E-state index in [1.165, 1.54) is 6.92 Å². The monoisotopic (exact) mass is 288 g/mol. The van der Waals surface area contributed by atoms with Gasteiger partial charge in [0.15, 0.2) is 0 Å². The minimum absolute atomic E-state index is 0.117. The fourth-order valence-corrected chi connectivity index (χ4v) is 2.99. The molecular weight excluding hydrogens is 269 g/mol. The Morgan fingerprint density at radius 1 is 1.15 bits per heavy atom. The lowest BCUT2D eigenvalue weighted by Gasteiger charge is -2.17. The fourth-order valence-electron chi connectivity index (χ4n) is 2.99. The first-order chi connectivity index (χ1) is 9.32. The van der Waals surface area contributed by atoms with E-state index >= 15 is 0 Å². The molecule has 20 heavy (non-hydrogen) atoms. The third kappa shape index (κ3) is 2.88. The van der Waals surface area contributed by atoms with Crippen LogP contribution < -0.4 is 0 Å². The van der Waals surface area contributed by atoms with Gasteiger partial charge in [0.1, 0.15) is 0 Å². The molecular formula is C14H19F3N2O. The molecule has 0 amide bonds. The molecule has 1 aromatic rings. The van der Waals surface area contributed by atoms with Gasteiger partial charge in [-0.05, 0) is 26.7 Å². The normalized spacial score (nSPS) is 18.1. The summed E-state index contributed by atoms with van der Waals surface area (Å²) in [5.74, 6) is -1.78. The summed E-state index contributed by atoms with van der Waals surface area (Å²) in [6.07, 6.45) is 1.43. The Kier molecular flexibility index (Phi) is 4.20. The molecule has 1 aromatic heterocycles. The van der Waals surface area contributed by atoms with Gasteiger partial charge in [-0.1, -0.05) is 25.7 Å². The van der Waals surface area contributed by atoms with Crippen molar-refractivity contribution in [2.75, 3.05) is 0 Å². The number of rotatable bonds is 2. The molecule has 2 rings (SSSR count). The molecule has 0 spiro atoms. The van der Waals surface area contributed by atoms with Crippen LogP contribution in [-0.2, 0) is 0 Å². The molecule has 1 aliphatic rings. The number of carbonyl (C=O) groups is 1. The molecule has 1 heterocycles. The Morgan fingerprint density at radius 3 is 2.20 bits per heavy atom. The van der Waals surface area contributed by atoms with Crippen LogP contribution >= 0.6 is 0 Å². The Balaban J connectivity index is 2.35. The molecule has 0 aliphatic heterocycles. The maximum absolute atomic E-state index is 12.6. The minimum atomic E-state index is -4.84. The average molecular weight is 288 g/mol. The van der Waals surface area contributed by atoms with E-state index in [-0.39, 0.29) is 17.3 Å². The maximum Gasteiger partial charge on any atom is 0.455 e. The second-order valence-corrected chi connectivity index (χ2v) is 5.46. The van der Waals surface area contributed by atoms with Crippen molar-refractivity contribution in [3.05, 3.63) is 17.0 Å². The molecule has 0 aromatic carbocycles. The summed E-state index contributed by atoms with van der Waals surface area (Å²) in [4.78, 5) is 11.5. The number of ketones is 1. The number of alkyl halides is 3. The number of carbonyl (C=O) groups excluding carboxylic acids is 1. The number of Topliss-reactive ketones (excluding diaryl/α,β-unsaturated/α-hetero) is 1. The summed E-state index contributed by atoms with van der Waals surface area (Å²) in [5, 5.41) is 4.21. The van der Waals surface area contributed by atoms with Crippen LogP contribution in [0.25, 0.3) is 0 Å². The summed E-state index contributed by atoms with van der Waals surface area (Å²) < 4.78 is 39.5. The van der Waals surface area contributed by atoms with Crippen LogP contribution in [0, 0.1) is 13.8 Å². The van der Waals surface area contributed by atoms with Crippen molar-refractivity contribution in [3.8, 4) is 0 Å². The van der Waals surface area contributed by atoms with Gasteiger partial charge in [-0.25, -0.2) is 0 Å². The van der Waals surface area contributed by atoms with E-state index in [1.54, 1.807) is 11.6 Å². The van der Waals surface area contributed by atoms with Crippen LogP contribution in [0.1, 0.15) is 66.3 Å². The first-order valence-corrected chi connectivity index (χ1v) is 6.99. The Morgan fingerprint density at radius 2 is 1.70 bits per heavy atom. The minimum Gasteiger partial charge on any atom is -0.284 e. The number of hydrogen-bond acceptors (Lipinski definition) is 2. The molecule has 3 nitrogen and oxygen atoms in total. The summed E-state index contributed by atoms with van der Waals surface area (Å²) in [7, 11) is 0. The Labute approximate surface area is 116 Å². The largest absolute Gasteiger partial charge is 0.455 e. The van der Waals surface area contributed by atoms with Gasteiger partial charge in [0.05, 0.1) is 17.3 Å². The van der Waals surface area contributed by atoms with Crippen LogP contribution in [-0.4, -0.2) is 21.7 Å². The van der Waals surface area contributed by atoms with Crippen LogP contribution in [0.4, 0.5) is 13.2 Å². The van der Waals surface area contributed by atoms with Gasteiger partial charge in [-0.3, -0.25) is 9.48 Å². The fraction of sp³-hybridized carbons (Fsp3) is 0.714. The number of halogens is 3. The zero-order chi connectivity index (χ0) is 14.9. The highest BCUT2D eigenvalue weighted by Crippen LogP contribution is 2.31. The van der Waals surface area contributed by atoms with Gasteiger partial charge in [-0.15, -0.1) is 0 Å². The summed E-state index contributed by atoms with van der Waals surface area (Å²) in [6, 6.07) is 0.117. The average Bonchev–Trinajstić information content (AvgIpc) is 2.58. The van der Waals surface area contributed by atoms with Crippen molar-refractivity contribution in [2.45, 2.75) is 64.6 Å². The second kappa shape index (κ2) is 5.58. The van der Waals surface area contributed by atoms with Crippen LogP contribution in [0.15, 0.2) is 0 Å². The van der Waals surface area contributed by atoms with Gasteiger partial charge in [0.2, 0.25) is 0 Å². The summed E-state index contributed by atoms with van der Waals surface area (Å²) in [6.45, 7) is 3.03. The zero-order valence-corrected chi connectivity index (χ0v) is 11.8. The molecule has 1 saturated carbocycles. The van der Waals surface area contributed by atoms with E-state index in [0.717, 1.165) is 38.5 Å². The van der Waals surface area contributed by atoms with E-state index in [2.05, 4.69) is 5.10 Å². The third-order valence-electron chi connectivity index (χ3n) is 3.98. The van der Waals surface area contributed by atoms with Crippen molar-refractivity contribution in [1.29, 1.82) is 0 Å². The molecule has 0 N–H and O–H groups in total. The van der Waals surface area contributed by atoms with Gasteiger partial charge < -0.3 is 0 Å². The molecule has 1 aliphatic carbocycles. The van der Waals surface area contributed by atoms with Crippen molar-refractivity contribution in [2.24, 2.45) is 0 Å². The van der Waals surface area contributed by atoms with Gasteiger partial charge in [0.25, 0.3) is 5.78 Å². The second-order valence-electron chi connectivity index (χ2n) is 5.46. The van der Waals surface area contributed by atoms with E-state index in [9.17, 15) is 18.0 Å². The van der Waals surface area contributed by atoms with Crippen molar-refractivity contribution < 1.29 is 18.0 Å². The maximum atomic E-state index is 12.6. The lowest BCUT2D eigenvalue weighted by Crippen LogP contribution is -2.24. The molecule has 112 valence electrons. The quantitative estimate of drug-likeness (QED) is 0.605. The van der Waals surface area contributed by atoms with Crippen LogP contribution in [0.2, 0.25) is 0 Å². The predicted molar refractivity (Wildman–Crippen MR) is 68.8 cm³/mol. The highest BCUT2D eigenvalue weighted by molar-refractivity contribution is 6.02. The zero-order valence-electron chi connectivity index (χ0n) is 11.8. The van der Waals surface area contributed by atoms with Gasteiger partial charge >= 0.3 is 6.18 Å². The molecule has 0 atom stereocenters. The summed E-state index contributed by atoms with van der Waals surface area (Å²) >= 11 is 0. The smallest absolute Gasteiger partial charge is 0.284 e. The highest BCUT2D eigenvalue weighted by atomic mass is 19.4. The van der Waals surface area contributed by atoms with E-state index in [0.29, 0.717) is 5.69 Å².